The van der Waals surface area contributed by atoms with Crippen LogP contribution < -0.4 is 14.8 Å². The first-order valence-corrected chi connectivity index (χ1v) is 6.37. The quantitative estimate of drug-likeness (QED) is 0.850. The molecule has 0 radical (unpaired) electrons. The molecule has 0 spiro atoms. The van der Waals surface area contributed by atoms with E-state index in [4.69, 9.17) is 9.47 Å². The lowest BCUT2D eigenvalue weighted by atomic mass is 10.2. The van der Waals surface area contributed by atoms with Gasteiger partial charge in [0.25, 0.3) is 0 Å². The van der Waals surface area contributed by atoms with E-state index >= 15 is 0 Å². The fraction of sp³-hybridized carbons (Fsp3) is 0.500. The van der Waals surface area contributed by atoms with Gasteiger partial charge in [-0.1, -0.05) is 0 Å². The summed E-state index contributed by atoms with van der Waals surface area (Å²) in [5.74, 6) is 1.52. The Kier molecular flexibility index (Phi) is 4.14. The van der Waals surface area contributed by atoms with Crippen LogP contribution in [-0.2, 0) is 4.79 Å². The monoisotopic (exact) mass is 264 g/mol. The van der Waals surface area contributed by atoms with Crippen LogP contribution in [0.2, 0.25) is 0 Å². The number of ether oxygens (including phenoxy) is 2. The zero-order valence-corrected chi connectivity index (χ0v) is 11.6. The van der Waals surface area contributed by atoms with Gasteiger partial charge >= 0.3 is 0 Å². The average Bonchev–Trinajstić information content (AvgIpc) is 3.28. The zero-order valence-electron chi connectivity index (χ0n) is 11.6. The first kappa shape index (κ1) is 13.5. The molecular formula is C14H20N2O3. The molecule has 1 N–H and O–H groups in total. The van der Waals surface area contributed by atoms with Crippen molar-refractivity contribution in [1.82, 2.24) is 4.90 Å². The molecule has 0 unspecified atom stereocenters. The largest absolute Gasteiger partial charge is 0.497 e. The van der Waals surface area contributed by atoms with Gasteiger partial charge in [-0.05, 0) is 25.0 Å². The first-order valence-electron chi connectivity index (χ1n) is 6.37. The van der Waals surface area contributed by atoms with E-state index in [1.54, 1.807) is 19.1 Å². The molecule has 0 bridgehead atoms. The molecule has 0 aromatic heterocycles. The fourth-order valence-electron chi connectivity index (χ4n) is 1.91. The average molecular weight is 264 g/mol. The summed E-state index contributed by atoms with van der Waals surface area (Å²) >= 11 is 0. The number of methoxy groups -OCH3 is 2. The van der Waals surface area contributed by atoms with E-state index < -0.39 is 0 Å². The Labute approximate surface area is 113 Å². The van der Waals surface area contributed by atoms with Crippen molar-refractivity contribution < 1.29 is 14.3 Å². The minimum atomic E-state index is 0.0902. The lowest BCUT2D eigenvalue weighted by Gasteiger charge is -2.18. The van der Waals surface area contributed by atoms with Crippen LogP contribution in [0.1, 0.15) is 12.8 Å². The molecule has 1 amide bonds. The normalized spacial score (nSPS) is 13.8. The number of carbonyl (C=O) groups excluding carboxylic acids is 1. The van der Waals surface area contributed by atoms with Crippen molar-refractivity contribution in [2.75, 3.05) is 33.1 Å². The van der Waals surface area contributed by atoms with Gasteiger partial charge in [0.15, 0.2) is 0 Å². The highest BCUT2D eigenvalue weighted by molar-refractivity contribution is 5.82. The molecule has 1 aliphatic rings. The highest BCUT2D eigenvalue weighted by atomic mass is 16.5. The van der Waals surface area contributed by atoms with Gasteiger partial charge in [0.1, 0.15) is 11.5 Å². The second-order valence-corrected chi connectivity index (χ2v) is 4.66. The van der Waals surface area contributed by atoms with Crippen molar-refractivity contribution in [2.45, 2.75) is 18.9 Å². The predicted molar refractivity (Wildman–Crippen MR) is 73.8 cm³/mol. The Balaban J connectivity index is 1.99. The molecule has 5 heteroatoms. The molecule has 0 saturated heterocycles. The molecule has 1 aromatic rings. The SMILES string of the molecule is COc1ccc(OC)c(NCC(=O)N(C)C2CC2)c1. The van der Waals surface area contributed by atoms with Crippen LogP contribution in [0, 0.1) is 0 Å². The first-order chi connectivity index (χ1) is 9.15. The van der Waals surface area contributed by atoms with Crippen molar-refractivity contribution >= 4 is 11.6 Å². The summed E-state index contributed by atoms with van der Waals surface area (Å²) in [4.78, 5) is 13.7. The smallest absolute Gasteiger partial charge is 0.241 e. The summed E-state index contributed by atoms with van der Waals surface area (Å²) in [6, 6.07) is 5.89. The minimum Gasteiger partial charge on any atom is -0.497 e. The summed E-state index contributed by atoms with van der Waals surface area (Å²) in [6.45, 7) is 0.260. The van der Waals surface area contributed by atoms with E-state index in [2.05, 4.69) is 5.32 Å². The van der Waals surface area contributed by atoms with Crippen LogP contribution in [0.25, 0.3) is 0 Å². The lowest BCUT2D eigenvalue weighted by molar-refractivity contribution is -0.128. The number of amides is 1. The van der Waals surface area contributed by atoms with Crippen molar-refractivity contribution in [2.24, 2.45) is 0 Å². The Hall–Kier alpha value is -1.91. The third-order valence-electron chi connectivity index (χ3n) is 3.32. The van der Waals surface area contributed by atoms with Crippen molar-refractivity contribution in [3.63, 3.8) is 0 Å². The van der Waals surface area contributed by atoms with Crippen molar-refractivity contribution in [3.8, 4) is 11.5 Å². The van der Waals surface area contributed by atoms with Crippen LogP contribution in [0.5, 0.6) is 11.5 Å². The Morgan fingerprint density at radius 1 is 1.37 bits per heavy atom. The molecule has 1 fully saturated rings. The van der Waals surface area contributed by atoms with Crippen LogP contribution in [0.4, 0.5) is 5.69 Å². The lowest BCUT2D eigenvalue weighted by Crippen LogP contribution is -2.33. The summed E-state index contributed by atoms with van der Waals surface area (Å²) < 4.78 is 10.4. The molecule has 0 atom stereocenters. The van der Waals surface area contributed by atoms with Crippen LogP contribution in [0.15, 0.2) is 18.2 Å². The van der Waals surface area contributed by atoms with E-state index in [0.717, 1.165) is 24.3 Å². The molecule has 104 valence electrons. The maximum Gasteiger partial charge on any atom is 0.241 e. The second kappa shape index (κ2) is 5.82. The van der Waals surface area contributed by atoms with Gasteiger partial charge < -0.3 is 19.7 Å². The van der Waals surface area contributed by atoms with Crippen LogP contribution in [0.3, 0.4) is 0 Å². The van der Waals surface area contributed by atoms with Crippen molar-refractivity contribution in [3.05, 3.63) is 18.2 Å². The topological polar surface area (TPSA) is 50.8 Å². The standard InChI is InChI=1S/C14H20N2O3/c1-16(10-4-5-10)14(17)9-15-12-8-11(18-2)6-7-13(12)19-3/h6-8,10,15H,4-5,9H2,1-3H3. The second-order valence-electron chi connectivity index (χ2n) is 4.66. The summed E-state index contributed by atoms with van der Waals surface area (Å²) in [6.07, 6.45) is 2.23. The summed E-state index contributed by atoms with van der Waals surface area (Å²) in [5, 5.41) is 3.11. The Bertz CT molecular complexity index is 458. The Morgan fingerprint density at radius 2 is 2.11 bits per heavy atom. The van der Waals surface area contributed by atoms with Gasteiger partial charge in [0, 0.05) is 19.2 Å². The number of anilines is 1. The molecule has 0 heterocycles. The van der Waals surface area contributed by atoms with Gasteiger partial charge in [-0.25, -0.2) is 0 Å². The number of nitrogens with zero attached hydrogens (tertiary/aromatic N) is 1. The van der Waals surface area contributed by atoms with Gasteiger partial charge in [-0.2, -0.15) is 0 Å². The maximum absolute atomic E-state index is 11.9. The van der Waals surface area contributed by atoms with Gasteiger partial charge in [-0.3, -0.25) is 4.79 Å². The number of benzene rings is 1. The summed E-state index contributed by atoms with van der Waals surface area (Å²) in [5.41, 5.74) is 0.763. The fourth-order valence-corrected chi connectivity index (χ4v) is 1.91. The molecule has 1 aromatic carbocycles. The van der Waals surface area contributed by atoms with E-state index in [9.17, 15) is 4.79 Å². The highest BCUT2D eigenvalue weighted by Crippen LogP contribution is 2.29. The van der Waals surface area contributed by atoms with E-state index in [1.165, 1.54) is 0 Å². The molecule has 1 saturated carbocycles. The molecule has 2 rings (SSSR count). The molecule has 1 aliphatic carbocycles. The number of carbonyl (C=O) groups is 1. The van der Waals surface area contributed by atoms with Gasteiger partial charge in [0.2, 0.25) is 5.91 Å². The number of hydrogen-bond donors (Lipinski definition) is 1. The molecule has 19 heavy (non-hydrogen) atoms. The third kappa shape index (κ3) is 3.30. The number of hydrogen-bond acceptors (Lipinski definition) is 4. The van der Waals surface area contributed by atoms with E-state index in [0.29, 0.717) is 11.8 Å². The zero-order chi connectivity index (χ0) is 13.8. The summed E-state index contributed by atoms with van der Waals surface area (Å²) in [7, 11) is 5.06. The molecular weight excluding hydrogens is 244 g/mol. The predicted octanol–water partition coefficient (Wildman–Crippen LogP) is 1.74. The number of rotatable bonds is 6. The maximum atomic E-state index is 11.9. The van der Waals surface area contributed by atoms with E-state index in [-0.39, 0.29) is 12.5 Å². The number of likely N-dealkylation sites (N-methyl/N-ethyl adjacent to an activating group) is 1. The number of nitrogens with one attached hydrogen (secondary N) is 1. The van der Waals surface area contributed by atoms with Crippen LogP contribution >= 0.6 is 0 Å². The Morgan fingerprint density at radius 3 is 2.68 bits per heavy atom. The van der Waals surface area contributed by atoms with Crippen LogP contribution in [-0.4, -0.2) is 44.7 Å². The molecule has 0 aliphatic heterocycles. The molecule has 5 nitrogen and oxygen atoms in total. The van der Waals surface area contributed by atoms with Crippen molar-refractivity contribution in [1.29, 1.82) is 0 Å². The third-order valence-corrected chi connectivity index (χ3v) is 3.32. The minimum absolute atomic E-state index is 0.0902. The van der Waals surface area contributed by atoms with E-state index in [1.807, 2.05) is 25.2 Å². The van der Waals surface area contributed by atoms with Gasteiger partial charge in [0.05, 0.1) is 26.5 Å². The van der Waals surface area contributed by atoms with Gasteiger partial charge in [-0.15, -0.1) is 0 Å². The highest BCUT2D eigenvalue weighted by Gasteiger charge is 2.29.